The van der Waals surface area contributed by atoms with E-state index in [1.54, 1.807) is 0 Å². The second-order valence-electron chi connectivity index (χ2n) is 5.69. The van der Waals surface area contributed by atoms with Gasteiger partial charge in [-0.15, -0.1) is 12.4 Å². The summed E-state index contributed by atoms with van der Waals surface area (Å²) in [5.74, 6) is 0. The van der Waals surface area contributed by atoms with Crippen molar-refractivity contribution in [1.82, 2.24) is 0 Å². The van der Waals surface area contributed by atoms with E-state index in [0.29, 0.717) is 6.42 Å². The Bertz CT molecular complexity index is 239. The molecule has 0 N–H and O–H groups in total. The van der Waals surface area contributed by atoms with Gasteiger partial charge in [-0.1, -0.05) is 70.4 Å². The number of carbonyl (C=O) groups is 1. The lowest BCUT2D eigenvalue weighted by Gasteiger charge is -1.99. The summed E-state index contributed by atoms with van der Waals surface area (Å²) in [5.41, 5.74) is 0. The molecule has 0 atom stereocenters. The summed E-state index contributed by atoms with van der Waals surface area (Å²) in [5, 5.41) is -0.192. The van der Waals surface area contributed by atoms with Crippen molar-refractivity contribution in [2.45, 2.75) is 96.8 Å². The Morgan fingerprint density at radius 2 is 1.19 bits per heavy atom. The van der Waals surface area contributed by atoms with E-state index in [1.165, 1.54) is 70.6 Å². The fourth-order valence-electron chi connectivity index (χ4n) is 2.33. The topological polar surface area (TPSA) is 17.1 Å². The fourth-order valence-corrected chi connectivity index (χ4v) is 2.47. The number of hydrogen-bond acceptors (Lipinski definition) is 1. The van der Waals surface area contributed by atoms with E-state index >= 15 is 0 Å². The van der Waals surface area contributed by atoms with Crippen LogP contribution in [0.3, 0.4) is 0 Å². The highest BCUT2D eigenvalue weighted by Crippen LogP contribution is 2.10. The minimum atomic E-state index is -0.192. The van der Waals surface area contributed by atoms with Crippen molar-refractivity contribution in [3.05, 3.63) is 12.2 Å². The first kappa shape index (κ1) is 23.3. The Kier molecular flexibility index (Phi) is 22.1. The molecule has 3 heteroatoms. The predicted octanol–water partition coefficient (Wildman–Crippen LogP) is 7.21. The Labute approximate surface area is 143 Å². The Hall–Kier alpha value is -0.0100. The molecular formula is C18H34Cl2O. The summed E-state index contributed by atoms with van der Waals surface area (Å²) in [6, 6.07) is 0. The molecule has 21 heavy (non-hydrogen) atoms. The fraction of sp³-hybridized carbons (Fsp3) is 0.833. The molecule has 1 nitrogen and oxygen atoms in total. The zero-order chi connectivity index (χ0) is 14.9. The molecule has 0 aliphatic rings. The predicted molar refractivity (Wildman–Crippen MR) is 97.6 cm³/mol. The van der Waals surface area contributed by atoms with Crippen LogP contribution in [0.2, 0.25) is 0 Å². The Balaban J connectivity index is 0. The molecule has 0 unspecified atom stereocenters. The molecule has 0 heterocycles. The van der Waals surface area contributed by atoms with Crippen molar-refractivity contribution in [2.24, 2.45) is 0 Å². The van der Waals surface area contributed by atoms with Gasteiger partial charge in [0.15, 0.2) is 0 Å². The average molecular weight is 337 g/mol. The second kappa shape index (κ2) is 20.0. The van der Waals surface area contributed by atoms with Gasteiger partial charge in [0.05, 0.1) is 0 Å². The third-order valence-corrected chi connectivity index (χ3v) is 3.82. The molecule has 0 saturated heterocycles. The molecule has 0 radical (unpaired) electrons. The van der Waals surface area contributed by atoms with Crippen LogP contribution in [0.4, 0.5) is 0 Å². The number of hydrogen-bond donors (Lipinski definition) is 0. The van der Waals surface area contributed by atoms with Gasteiger partial charge in [-0.05, 0) is 43.7 Å². The zero-order valence-corrected chi connectivity index (χ0v) is 15.3. The molecule has 0 aromatic carbocycles. The van der Waals surface area contributed by atoms with E-state index in [9.17, 15) is 4.79 Å². The summed E-state index contributed by atoms with van der Waals surface area (Å²) >= 11 is 5.29. The number of carbonyl (C=O) groups excluding carboxylic acids is 1. The van der Waals surface area contributed by atoms with Gasteiger partial charge in [0.25, 0.3) is 0 Å². The molecular weight excluding hydrogens is 303 g/mol. The Morgan fingerprint density at radius 3 is 1.67 bits per heavy atom. The number of allylic oxidation sites excluding steroid dienone is 2. The van der Waals surface area contributed by atoms with Gasteiger partial charge in [0.1, 0.15) is 0 Å². The van der Waals surface area contributed by atoms with Crippen LogP contribution in [0.15, 0.2) is 12.2 Å². The highest BCUT2D eigenvalue weighted by molar-refractivity contribution is 6.63. The maximum absolute atomic E-state index is 10.5. The summed E-state index contributed by atoms with van der Waals surface area (Å²) in [6.45, 7) is 2.26. The molecule has 0 saturated carbocycles. The minimum Gasteiger partial charge on any atom is -0.281 e. The van der Waals surface area contributed by atoms with Crippen molar-refractivity contribution in [3.8, 4) is 0 Å². The lowest BCUT2D eigenvalue weighted by atomic mass is 10.1. The summed E-state index contributed by atoms with van der Waals surface area (Å²) in [7, 11) is 0. The third kappa shape index (κ3) is 22.4. The second-order valence-corrected chi connectivity index (χ2v) is 6.11. The number of halogens is 2. The lowest BCUT2D eigenvalue weighted by Crippen LogP contribution is -1.86. The number of unbranched alkanes of at least 4 members (excludes halogenated alkanes) is 11. The monoisotopic (exact) mass is 336 g/mol. The first-order valence-electron chi connectivity index (χ1n) is 8.60. The average Bonchev–Trinajstić information content (AvgIpc) is 2.43. The van der Waals surface area contributed by atoms with E-state index < -0.39 is 0 Å². The molecule has 0 aliphatic carbocycles. The van der Waals surface area contributed by atoms with Crippen molar-refractivity contribution >= 4 is 29.3 Å². The van der Waals surface area contributed by atoms with Crippen LogP contribution in [-0.2, 0) is 4.79 Å². The molecule has 0 aromatic heterocycles. The van der Waals surface area contributed by atoms with Crippen LogP contribution in [0.5, 0.6) is 0 Å². The quantitative estimate of drug-likeness (QED) is 0.175. The molecule has 126 valence electrons. The first-order chi connectivity index (χ1) is 9.77. The summed E-state index contributed by atoms with van der Waals surface area (Å²) in [4.78, 5) is 10.5. The maximum Gasteiger partial charge on any atom is 0.221 e. The summed E-state index contributed by atoms with van der Waals surface area (Å²) in [6.07, 6.45) is 21.9. The van der Waals surface area contributed by atoms with Crippen LogP contribution in [0.1, 0.15) is 96.8 Å². The van der Waals surface area contributed by atoms with Gasteiger partial charge >= 0.3 is 0 Å². The van der Waals surface area contributed by atoms with Crippen molar-refractivity contribution in [2.75, 3.05) is 0 Å². The largest absolute Gasteiger partial charge is 0.281 e. The van der Waals surface area contributed by atoms with Gasteiger partial charge in [-0.25, -0.2) is 0 Å². The molecule has 0 rings (SSSR count). The van der Waals surface area contributed by atoms with Crippen molar-refractivity contribution in [3.63, 3.8) is 0 Å². The molecule has 0 amide bonds. The molecule has 0 aliphatic heterocycles. The van der Waals surface area contributed by atoms with Crippen molar-refractivity contribution < 1.29 is 4.79 Å². The molecule has 0 spiro atoms. The molecule has 0 aromatic rings. The van der Waals surface area contributed by atoms with Gasteiger partial charge < -0.3 is 0 Å². The zero-order valence-electron chi connectivity index (χ0n) is 13.7. The van der Waals surface area contributed by atoms with Gasteiger partial charge in [0, 0.05) is 6.42 Å². The lowest BCUT2D eigenvalue weighted by molar-refractivity contribution is -0.111. The van der Waals surface area contributed by atoms with E-state index in [4.69, 9.17) is 11.6 Å². The highest BCUT2D eigenvalue weighted by Gasteiger charge is 1.95. The summed E-state index contributed by atoms with van der Waals surface area (Å²) < 4.78 is 0. The molecule has 0 fully saturated rings. The highest BCUT2D eigenvalue weighted by atomic mass is 35.5. The van der Waals surface area contributed by atoms with Crippen LogP contribution in [-0.4, -0.2) is 5.24 Å². The smallest absolute Gasteiger partial charge is 0.221 e. The standard InChI is InChI=1S/C18H33ClO.ClH/c1-2-3-4-5-6-7-8-9-10-11-12-13-14-15-16-17-18(19)20;/h9-10H,2-8,11-17H2,1H3;1H/b10-9-;. The Morgan fingerprint density at radius 1 is 0.762 bits per heavy atom. The van der Waals surface area contributed by atoms with E-state index in [2.05, 4.69) is 19.1 Å². The number of rotatable bonds is 15. The van der Waals surface area contributed by atoms with E-state index in [0.717, 1.165) is 12.8 Å². The maximum atomic E-state index is 10.5. The normalized spacial score (nSPS) is 10.8. The molecule has 0 bridgehead atoms. The van der Waals surface area contributed by atoms with Gasteiger partial charge in [-0.3, -0.25) is 4.79 Å². The van der Waals surface area contributed by atoms with Crippen LogP contribution >= 0.6 is 24.0 Å². The minimum absolute atomic E-state index is 0. The van der Waals surface area contributed by atoms with Crippen molar-refractivity contribution in [1.29, 1.82) is 0 Å². The van der Waals surface area contributed by atoms with Crippen LogP contribution < -0.4 is 0 Å². The van der Waals surface area contributed by atoms with E-state index in [-0.39, 0.29) is 17.6 Å². The SMILES string of the molecule is CCCCCCCC/C=C\CCCCCCCC(=O)Cl.Cl. The van der Waals surface area contributed by atoms with Gasteiger partial charge in [-0.2, -0.15) is 0 Å². The van der Waals surface area contributed by atoms with E-state index in [1.807, 2.05) is 0 Å². The van der Waals surface area contributed by atoms with Gasteiger partial charge in [0.2, 0.25) is 5.24 Å². The third-order valence-electron chi connectivity index (χ3n) is 3.64. The van der Waals surface area contributed by atoms with Crippen LogP contribution in [0.25, 0.3) is 0 Å². The first-order valence-corrected chi connectivity index (χ1v) is 8.98. The van der Waals surface area contributed by atoms with Crippen LogP contribution in [0, 0.1) is 0 Å².